The minimum absolute atomic E-state index is 0. The highest BCUT2D eigenvalue weighted by Gasteiger charge is 2.53. The van der Waals surface area contributed by atoms with Crippen LogP contribution in [-0.4, -0.2) is 11.9 Å². The van der Waals surface area contributed by atoms with E-state index in [-0.39, 0.29) is 12.4 Å². The highest BCUT2D eigenvalue weighted by molar-refractivity contribution is 5.85. The molecule has 1 aliphatic carbocycles. The van der Waals surface area contributed by atoms with Gasteiger partial charge in [0.15, 0.2) is 0 Å². The Labute approximate surface area is 86.4 Å². The van der Waals surface area contributed by atoms with Crippen molar-refractivity contribution >= 4 is 18.2 Å². The molecule has 3 heteroatoms. The molecule has 1 aliphatic heterocycles. The maximum absolute atomic E-state index is 5.75. The summed E-state index contributed by atoms with van der Waals surface area (Å²) in [6.07, 6.45) is 3.66. The van der Waals surface area contributed by atoms with Crippen molar-refractivity contribution in [3.8, 4) is 0 Å². The van der Waals surface area contributed by atoms with Gasteiger partial charge in [-0.25, -0.2) is 0 Å². The topological polar surface area (TPSA) is 38.4 Å². The van der Waals surface area contributed by atoms with Gasteiger partial charge in [-0.1, -0.05) is 20.3 Å². The van der Waals surface area contributed by atoms with E-state index >= 15 is 0 Å². The maximum Gasteiger partial charge on any atom is 0.0943 e. The van der Waals surface area contributed by atoms with Gasteiger partial charge in [-0.15, -0.1) is 12.4 Å². The summed E-state index contributed by atoms with van der Waals surface area (Å²) in [6, 6.07) is 0.605. The van der Waals surface area contributed by atoms with Crippen molar-refractivity contribution in [3.05, 3.63) is 0 Å². The second-order valence-corrected chi connectivity index (χ2v) is 4.32. The van der Waals surface area contributed by atoms with Gasteiger partial charge >= 0.3 is 0 Å². The Morgan fingerprint density at radius 1 is 1.54 bits per heavy atom. The molecule has 1 fully saturated rings. The van der Waals surface area contributed by atoms with Crippen molar-refractivity contribution in [3.63, 3.8) is 0 Å². The van der Waals surface area contributed by atoms with Gasteiger partial charge in [-0.05, 0) is 24.2 Å². The third-order valence-corrected chi connectivity index (χ3v) is 3.31. The molecule has 0 amide bonds. The Bertz CT molecular complexity index is 215. The van der Waals surface area contributed by atoms with Crippen LogP contribution in [0.25, 0.3) is 0 Å². The number of nitrogens with zero attached hydrogens (tertiary/aromatic N) is 1. The van der Waals surface area contributed by atoms with E-state index in [2.05, 4.69) is 18.8 Å². The Hall–Kier alpha value is -0.240. The summed E-state index contributed by atoms with van der Waals surface area (Å²) >= 11 is 0. The van der Waals surface area contributed by atoms with Gasteiger partial charge in [0.1, 0.15) is 0 Å². The van der Waals surface area contributed by atoms with Crippen molar-refractivity contribution in [1.29, 1.82) is 0 Å². The maximum atomic E-state index is 5.75. The summed E-state index contributed by atoms with van der Waals surface area (Å²) in [4.78, 5) is 4.50. The first-order valence-corrected chi connectivity index (χ1v) is 5.06. The van der Waals surface area contributed by atoms with Crippen LogP contribution in [0.2, 0.25) is 0 Å². The second-order valence-electron chi connectivity index (χ2n) is 4.32. The molecule has 1 heterocycles. The summed E-state index contributed by atoms with van der Waals surface area (Å²) in [5.41, 5.74) is 5.75. The molecule has 2 N–H and O–H groups in total. The van der Waals surface area contributed by atoms with Gasteiger partial charge in [-0.2, -0.15) is 0 Å². The smallest absolute Gasteiger partial charge is 0.0943 e. The van der Waals surface area contributed by atoms with E-state index in [0.717, 1.165) is 30.0 Å². The highest BCUT2D eigenvalue weighted by atomic mass is 35.5. The van der Waals surface area contributed by atoms with Gasteiger partial charge in [-0.3, -0.25) is 4.99 Å². The minimum Gasteiger partial charge on any atom is -0.387 e. The number of halogens is 1. The fraction of sp³-hybridized carbons (Fsp3) is 0.900. The molecule has 0 aromatic heterocycles. The SMILES string of the molecule is CCC[C@@H]1[C@H]2N=C(N)C[C@H](C)[C@@H]12.Cl. The normalized spacial score (nSPS) is 41.5. The van der Waals surface area contributed by atoms with E-state index in [9.17, 15) is 0 Å². The van der Waals surface area contributed by atoms with Crippen LogP contribution >= 0.6 is 12.4 Å². The molecule has 1 saturated carbocycles. The average molecular weight is 203 g/mol. The Balaban J connectivity index is 0.000000845. The molecule has 0 unspecified atom stereocenters. The lowest BCUT2D eigenvalue weighted by molar-refractivity contribution is 0.466. The Kier molecular flexibility index (Phi) is 3.23. The van der Waals surface area contributed by atoms with Crippen molar-refractivity contribution in [2.24, 2.45) is 28.5 Å². The summed E-state index contributed by atoms with van der Waals surface area (Å²) < 4.78 is 0. The molecular formula is C10H19ClN2. The molecule has 0 spiro atoms. The monoisotopic (exact) mass is 202 g/mol. The summed E-state index contributed by atoms with van der Waals surface area (Å²) in [7, 11) is 0. The second kappa shape index (κ2) is 3.87. The van der Waals surface area contributed by atoms with Crippen LogP contribution in [0.1, 0.15) is 33.1 Å². The van der Waals surface area contributed by atoms with Crippen molar-refractivity contribution in [1.82, 2.24) is 0 Å². The summed E-state index contributed by atoms with van der Waals surface area (Å²) in [5.74, 6) is 3.41. The zero-order chi connectivity index (χ0) is 8.72. The molecule has 2 nitrogen and oxygen atoms in total. The van der Waals surface area contributed by atoms with E-state index in [1.165, 1.54) is 12.8 Å². The number of amidine groups is 1. The molecule has 76 valence electrons. The summed E-state index contributed by atoms with van der Waals surface area (Å²) in [5, 5.41) is 0. The van der Waals surface area contributed by atoms with Crippen LogP contribution in [0.5, 0.6) is 0 Å². The lowest BCUT2D eigenvalue weighted by atomic mass is 9.97. The highest BCUT2D eigenvalue weighted by Crippen LogP contribution is 2.52. The van der Waals surface area contributed by atoms with Gasteiger partial charge in [0.05, 0.1) is 11.9 Å². The van der Waals surface area contributed by atoms with Crippen LogP contribution in [-0.2, 0) is 0 Å². The standard InChI is InChI=1S/C10H18N2.ClH/c1-3-4-7-9-6(2)5-8(11)12-10(7)9;/h6-7,9-10H,3-5H2,1-2H3,(H2,11,12);1H/t6-,7-,9-,10+;/m0./s1. The number of hydrogen-bond donors (Lipinski definition) is 1. The number of fused-ring (bicyclic) bond motifs is 1. The van der Waals surface area contributed by atoms with Crippen molar-refractivity contribution < 1.29 is 0 Å². The van der Waals surface area contributed by atoms with Gasteiger partial charge in [0, 0.05) is 6.42 Å². The molecule has 13 heavy (non-hydrogen) atoms. The Morgan fingerprint density at radius 2 is 2.23 bits per heavy atom. The predicted molar refractivity (Wildman–Crippen MR) is 58.3 cm³/mol. The minimum atomic E-state index is 0. The van der Waals surface area contributed by atoms with Gasteiger partial charge in [0.25, 0.3) is 0 Å². The first-order valence-electron chi connectivity index (χ1n) is 5.06. The van der Waals surface area contributed by atoms with Gasteiger partial charge in [0.2, 0.25) is 0 Å². The average Bonchev–Trinajstić information content (AvgIpc) is 2.63. The van der Waals surface area contributed by atoms with Crippen LogP contribution in [0.15, 0.2) is 4.99 Å². The first kappa shape index (κ1) is 10.8. The molecule has 0 aromatic rings. The van der Waals surface area contributed by atoms with Crippen LogP contribution in [0.3, 0.4) is 0 Å². The molecule has 0 aromatic carbocycles. The third-order valence-electron chi connectivity index (χ3n) is 3.31. The number of nitrogens with two attached hydrogens (primary N) is 1. The van der Waals surface area contributed by atoms with E-state index < -0.39 is 0 Å². The third kappa shape index (κ3) is 1.83. The van der Waals surface area contributed by atoms with E-state index in [1.807, 2.05) is 0 Å². The van der Waals surface area contributed by atoms with Crippen molar-refractivity contribution in [2.75, 3.05) is 0 Å². The van der Waals surface area contributed by atoms with E-state index in [4.69, 9.17) is 5.73 Å². The molecule has 2 rings (SSSR count). The fourth-order valence-electron chi connectivity index (χ4n) is 2.73. The molecule has 4 atom stereocenters. The lowest BCUT2D eigenvalue weighted by Crippen LogP contribution is -2.22. The van der Waals surface area contributed by atoms with Crippen LogP contribution in [0.4, 0.5) is 0 Å². The summed E-state index contributed by atoms with van der Waals surface area (Å²) in [6.45, 7) is 4.57. The molecule has 2 aliphatic rings. The largest absolute Gasteiger partial charge is 0.387 e. The van der Waals surface area contributed by atoms with Crippen molar-refractivity contribution in [2.45, 2.75) is 39.2 Å². The zero-order valence-electron chi connectivity index (χ0n) is 8.36. The molecular weight excluding hydrogens is 184 g/mol. The van der Waals surface area contributed by atoms with E-state index in [0.29, 0.717) is 6.04 Å². The van der Waals surface area contributed by atoms with E-state index in [1.54, 1.807) is 0 Å². The molecule has 0 saturated heterocycles. The zero-order valence-corrected chi connectivity index (χ0v) is 9.18. The van der Waals surface area contributed by atoms with Gasteiger partial charge < -0.3 is 5.73 Å². The fourth-order valence-corrected chi connectivity index (χ4v) is 2.73. The predicted octanol–water partition coefficient (Wildman–Crippen LogP) is 2.22. The van der Waals surface area contributed by atoms with Crippen LogP contribution in [0, 0.1) is 17.8 Å². The Morgan fingerprint density at radius 3 is 2.85 bits per heavy atom. The molecule has 0 bridgehead atoms. The molecule has 0 radical (unpaired) electrons. The quantitative estimate of drug-likeness (QED) is 0.733. The lowest BCUT2D eigenvalue weighted by Gasteiger charge is -2.13. The first-order chi connectivity index (χ1) is 5.74. The number of hydrogen-bond acceptors (Lipinski definition) is 2. The van der Waals surface area contributed by atoms with Crippen LogP contribution < -0.4 is 5.73 Å². The number of aliphatic imine (C=N–C) groups is 1. The number of rotatable bonds is 2.